The predicted octanol–water partition coefficient (Wildman–Crippen LogP) is 1.21. The molecule has 1 aliphatic rings. The zero-order valence-corrected chi connectivity index (χ0v) is 10.7. The normalized spacial score (nSPS) is 26.2. The summed E-state index contributed by atoms with van der Waals surface area (Å²) in [5.74, 6) is 0.285. The van der Waals surface area contributed by atoms with Crippen molar-refractivity contribution in [1.29, 1.82) is 0 Å². The quantitative estimate of drug-likeness (QED) is 0.686. The van der Waals surface area contributed by atoms with E-state index in [9.17, 15) is 4.79 Å². The summed E-state index contributed by atoms with van der Waals surface area (Å²) < 4.78 is 5.39. The fourth-order valence-electron chi connectivity index (χ4n) is 2.06. The fraction of sp³-hybridized carbons (Fsp3) is 0.769. The maximum atomic E-state index is 11.9. The number of ether oxygens (including phenoxy) is 1. The van der Waals surface area contributed by atoms with Gasteiger partial charge in [-0.1, -0.05) is 6.08 Å². The van der Waals surface area contributed by atoms with E-state index in [1.165, 1.54) is 0 Å². The number of hydrogen-bond donors (Lipinski definition) is 2. The van der Waals surface area contributed by atoms with Crippen LogP contribution in [0, 0.1) is 5.92 Å². The summed E-state index contributed by atoms with van der Waals surface area (Å²) in [5, 5.41) is 2.94. The second kappa shape index (κ2) is 7.45. The summed E-state index contributed by atoms with van der Waals surface area (Å²) in [5.41, 5.74) is 5.81. The molecule has 0 saturated heterocycles. The van der Waals surface area contributed by atoms with Crippen molar-refractivity contribution in [1.82, 2.24) is 5.32 Å². The Balaban J connectivity index is 2.18. The standard InChI is InChI=1S/C13H24N2O2/c1-3-8-17-10(2)9-15-13(16)11-4-6-12(14)7-5-11/h3,10-12H,1,4-9,14H2,2H3,(H,15,16). The molecular weight excluding hydrogens is 216 g/mol. The van der Waals surface area contributed by atoms with Gasteiger partial charge in [-0.15, -0.1) is 6.58 Å². The molecule has 4 heteroatoms. The van der Waals surface area contributed by atoms with E-state index in [-0.39, 0.29) is 24.0 Å². The average molecular weight is 240 g/mol. The first kappa shape index (κ1) is 14.2. The summed E-state index contributed by atoms with van der Waals surface area (Å²) in [6.45, 7) is 6.62. The molecule has 98 valence electrons. The molecule has 0 aromatic heterocycles. The van der Waals surface area contributed by atoms with Gasteiger partial charge < -0.3 is 15.8 Å². The molecule has 0 aliphatic heterocycles. The van der Waals surface area contributed by atoms with Gasteiger partial charge in [0, 0.05) is 18.5 Å². The minimum atomic E-state index is 0.0304. The van der Waals surface area contributed by atoms with Gasteiger partial charge in [-0.3, -0.25) is 4.79 Å². The van der Waals surface area contributed by atoms with Crippen molar-refractivity contribution in [2.75, 3.05) is 13.2 Å². The minimum Gasteiger partial charge on any atom is -0.373 e. The van der Waals surface area contributed by atoms with Crippen LogP contribution in [0.3, 0.4) is 0 Å². The van der Waals surface area contributed by atoms with E-state index >= 15 is 0 Å². The highest BCUT2D eigenvalue weighted by Gasteiger charge is 2.24. The Kier molecular flexibility index (Phi) is 6.22. The molecule has 0 bridgehead atoms. The average Bonchev–Trinajstić information content (AvgIpc) is 2.34. The maximum absolute atomic E-state index is 11.9. The van der Waals surface area contributed by atoms with Crippen LogP contribution in [0.15, 0.2) is 12.7 Å². The Hall–Kier alpha value is -0.870. The molecule has 1 fully saturated rings. The van der Waals surface area contributed by atoms with Crippen LogP contribution in [0.4, 0.5) is 0 Å². The molecule has 0 spiro atoms. The second-order valence-electron chi connectivity index (χ2n) is 4.79. The smallest absolute Gasteiger partial charge is 0.223 e. The molecule has 0 radical (unpaired) electrons. The highest BCUT2D eigenvalue weighted by Crippen LogP contribution is 2.23. The van der Waals surface area contributed by atoms with Crippen molar-refractivity contribution in [3.8, 4) is 0 Å². The highest BCUT2D eigenvalue weighted by molar-refractivity contribution is 5.78. The van der Waals surface area contributed by atoms with Crippen LogP contribution in [0.25, 0.3) is 0 Å². The van der Waals surface area contributed by atoms with Gasteiger partial charge in [-0.25, -0.2) is 0 Å². The molecular formula is C13H24N2O2. The first-order valence-corrected chi connectivity index (χ1v) is 6.39. The molecule has 1 amide bonds. The minimum absolute atomic E-state index is 0.0304. The van der Waals surface area contributed by atoms with Gasteiger partial charge in [0.25, 0.3) is 0 Å². The van der Waals surface area contributed by atoms with Crippen LogP contribution >= 0.6 is 0 Å². The van der Waals surface area contributed by atoms with Crippen LogP contribution in [0.2, 0.25) is 0 Å². The van der Waals surface area contributed by atoms with Gasteiger partial charge in [0.15, 0.2) is 0 Å². The molecule has 0 heterocycles. The molecule has 0 aromatic carbocycles. The maximum Gasteiger partial charge on any atom is 0.223 e. The third-order valence-electron chi connectivity index (χ3n) is 3.20. The predicted molar refractivity (Wildman–Crippen MR) is 68.6 cm³/mol. The summed E-state index contributed by atoms with van der Waals surface area (Å²) in [6, 6.07) is 0.286. The number of carbonyl (C=O) groups excluding carboxylic acids is 1. The number of amides is 1. The van der Waals surface area contributed by atoms with E-state index in [2.05, 4.69) is 11.9 Å². The Morgan fingerprint density at radius 1 is 1.53 bits per heavy atom. The van der Waals surface area contributed by atoms with Gasteiger partial charge in [0.1, 0.15) is 0 Å². The lowest BCUT2D eigenvalue weighted by atomic mass is 9.86. The SMILES string of the molecule is C=CCOC(C)CNC(=O)C1CCC(N)CC1. The summed E-state index contributed by atoms with van der Waals surface area (Å²) >= 11 is 0. The van der Waals surface area contributed by atoms with Crippen molar-refractivity contribution in [3.63, 3.8) is 0 Å². The Morgan fingerprint density at radius 3 is 2.76 bits per heavy atom. The van der Waals surface area contributed by atoms with E-state index in [1.807, 2.05) is 6.92 Å². The van der Waals surface area contributed by atoms with Crippen molar-refractivity contribution in [3.05, 3.63) is 12.7 Å². The first-order valence-electron chi connectivity index (χ1n) is 6.39. The first-order chi connectivity index (χ1) is 8.13. The number of nitrogens with two attached hydrogens (primary N) is 1. The topological polar surface area (TPSA) is 64.3 Å². The van der Waals surface area contributed by atoms with Crippen molar-refractivity contribution >= 4 is 5.91 Å². The Morgan fingerprint density at radius 2 is 2.18 bits per heavy atom. The summed E-state index contributed by atoms with van der Waals surface area (Å²) in [4.78, 5) is 11.9. The van der Waals surface area contributed by atoms with Crippen molar-refractivity contribution < 1.29 is 9.53 Å². The van der Waals surface area contributed by atoms with Crippen molar-refractivity contribution in [2.24, 2.45) is 11.7 Å². The molecule has 1 saturated carbocycles. The molecule has 0 aromatic rings. The zero-order valence-electron chi connectivity index (χ0n) is 10.7. The van der Waals surface area contributed by atoms with E-state index in [1.54, 1.807) is 6.08 Å². The highest BCUT2D eigenvalue weighted by atomic mass is 16.5. The monoisotopic (exact) mass is 240 g/mol. The van der Waals surface area contributed by atoms with E-state index in [4.69, 9.17) is 10.5 Å². The lowest BCUT2D eigenvalue weighted by Crippen LogP contribution is -2.39. The molecule has 1 aliphatic carbocycles. The van der Waals surface area contributed by atoms with E-state index in [0.29, 0.717) is 13.2 Å². The largest absolute Gasteiger partial charge is 0.373 e. The lowest BCUT2D eigenvalue weighted by Gasteiger charge is -2.25. The van der Waals surface area contributed by atoms with Gasteiger partial charge in [-0.05, 0) is 32.6 Å². The van der Waals surface area contributed by atoms with E-state index < -0.39 is 0 Å². The van der Waals surface area contributed by atoms with Crippen molar-refractivity contribution in [2.45, 2.75) is 44.8 Å². The molecule has 1 rings (SSSR count). The number of carbonyl (C=O) groups is 1. The van der Waals surface area contributed by atoms with Crippen LogP contribution in [0.5, 0.6) is 0 Å². The van der Waals surface area contributed by atoms with Crippen LogP contribution in [-0.2, 0) is 9.53 Å². The third-order valence-corrected chi connectivity index (χ3v) is 3.20. The van der Waals surface area contributed by atoms with Gasteiger partial charge in [0.2, 0.25) is 5.91 Å². The van der Waals surface area contributed by atoms with Crippen LogP contribution < -0.4 is 11.1 Å². The van der Waals surface area contributed by atoms with Crippen LogP contribution in [0.1, 0.15) is 32.6 Å². The van der Waals surface area contributed by atoms with Gasteiger partial charge in [0.05, 0.1) is 12.7 Å². The summed E-state index contributed by atoms with van der Waals surface area (Å²) in [6.07, 6.45) is 5.48. The second-order valence-corrected chi connectivity index (χ2v) is 4.79. The molecule has 1 atom stereocenters. The van der Waals surface area contributed by atoms with Gasteiger partial charge >= 0.3 is 0 Å². The Bertz CT molecular complexity index is 248. The lowest BCUT2D eigenvalue weighted by molar-refractivity contribution is -0.126. The molecule has 1 unspecified atom stereocenters. The van der Waals surface area contributed by atoms with Crippen LogP contribution in [-0.4, -0.2) is 31.2 Å². The van der Waals surface area contributed by atoms with Gasteiger partial charge in [-0.2, -0.15) is 0 Å². The molecule has 3 N–H and O–H groups in total. The number of rotatable bonds is 6. The molecule has 17 heavy (non-hydrogen) atoms. The third kappa shape index (κ3) is 5.33. The Labute approximate surface area is 104 Å². The zero-order chi connectivity index (χ0) is 12.7. The fourth-order valence-corrected chi connectivity index (χ4v) is 2.06. The number of nitrogens with one attached hydrogen (secondary N) is 1. The van der Waals surface area contributed by atoms with E-state index in [0.717, 1.165) is 25.7 Å². The number of hydrogen-bond acceptors (Lipinski definition) is 3. The summed E-state index contributed by atoms with van der Waals surface area (Å²) in [7, 11) is 0. The molecule has 4 nitrogen and oxygen atoms in total.